The SMILES string of the molecule is NC(Cc1ccc(Br)cn1)c1cc(Cl)sc1Cl. The third-order valence-corrected chi connectivity index (χ3v) is 4.29. The minimum Gasteiger partial charge on any atom is -0.324 e. The topological polar surface area (TPSA) is 38.9 Å². The van der Waals surface area contributed by atoms with Crippen molar-refractivity contribution in [3.8, 4) is 0 Å². The van der Waals surface area contributed by atoms with Gasteiger partial charge >= 0.3 is 0 Å². The molecular formula is C11H9BrCl2N2S. The third-order valence-electron chi connectivity index (χ3n) is 2.30. The van der Waals surface area contributed by atoms with Gasteiger partial charge in [0.2, 0.25) is 0 Å². The zero-order valence-electron chi connectivity index (χ0n) is 8.66. The molecule has 0 fully saturated rings. The fraction of sp³-hybridized carbons (Fsp3) is 0.182. The Hall–Kier alpha value is -0.130. The average molecular weight is 352 g/mol. The molecule has 0 spiro atoms. The molecule has 2 aromatic rings. The highest BCUT2D eigenvalue weighted by atomic mass is 79.9. The van der Waals surface area contributed by atoms with Crippen LogP contribution >= 0.6 is 50.5 Å². The molecule has 2 rings (SSSR count). The summed E-state index contributed by atoms with van der Waals surface area (Å²) in [7, 11) is 0. The summed E-state index contributed by atoms with van der Waals surface area (Å²) < 4.78 is 2.26. The highest BCUT2D eigenvalue weighted by Crippen LogP contribution is 2.35. The van der Waals surface area contributed by atoms with Gasteiger partial charge in [-0.3, -0.25) is 4.98 Å². The highest BCUT2D eigenvalue weighted by molar-refractivity contribution is 9.10. The normalized spacial score (nSPS) is 12.7. The lowest BCUT2D eigenvalue weighted by Gasteiger charge is -2.10. The van der Waals surface area contributed by atoms with E-state index in [4.69, 9.17) is 28.9 Å². The van der Waals surface area contributed by atoms with E-state index in [2.05, 4.69) is 20.9 Å². The number of nitrogens with two attached hydrogens (primary N) is 1. The maximum Gasteiger partial charge on any atom is 0.0992 e. The van der Waals surface area contributed by atoms with Gasteiger partial charge < -0.3 is 5.73 Å². The molecule has 90 valence electrons. The van der Waals surface area contributed by atoms with Gasteiger partial charge in [-0.1, -0.05) is 23.2 Å². The highest BCUT2D eigenvalue weighted by Gasteiger charge is 2.14. The zero-order valence-corrected chi connectivity index (χ0v) is 12.6. The predicted octanol–water partition coefficient (Wildman–Crippen LogP) is 4.45. The Morgan fingerprint density at radius 1 is 1.41 bits per heavy atom. The summed E-state index contributed by atoms with van der Waals surface area (Å²) >= 11 is 16.6. The van der Waals surface area contributed by atoms with Crippen LogP contribution in [0.3, 0.4) is 0 Å². The van der Waals surface area contributed by atoms with Crippen molar-refractivity contribution < 1.29 is 0 Å². The van der Waals surface area contributed by atoms with Crippen LogP contribution in [0.1, 0.15) is 17.3 Å². The number of hydrogen-bond donors (Lipinski definition) is 1. The molecule has 0 aliphatic heterocycles. The summed E-state index contributed by atoms with van der Waals surface area (Å²) in [5.74, 6) is 0. The Kier molecular flexibility index (Phi) is 4.44. The second-order valence-corrected chi connectivity index (χ2v) is 6.76. The first-order valence-electron chi connectivity index (χ1n) is 4.87. The summed E-state index contributed by atoms with van der Waals surface area (Å²) in [4.78, 5) is 4.28. The van der Waals surface area contributed by atoms with Crippen LogP contribution in [-0.4, -0.2) is 4.98 Å². The molecule has 0 bridgehead atoms. The monoisotopic (exact) mass is 350 g/mol. The van der Waals surface area contributed by atoms with Crippen LogP contribution < -0.4 is 5.73 Å². The van der Waals surface area contributed by atoms with Gasteiger partial charge in [-0.25, -0.2) is 0 Å². The lowest BCUT2D eigenvalue weighted by Crippen LogP contribution is -2.13. The Morgan fingerprint density at radius 2 is 2.18 bits per heavy atom. The maximum absolute atomic E-state index is 6.09. The van der Waals surface area contributed by atoms with Crippen molar-refractivity contribution in [1.29, 1.82) is 0 Å². The lowest BCUT2D eigenvalue weighted by atomic mass is 10.1. The molecule has 6 heteroatoms. The zero-order chi connectivity index (χ0) is 12.4. The number of rotatable bonds is 3. The van der Waals surface area contributed by atoms with E-state index in [1.807, 2.05) is 18.2 Å². The van der Waals surface area contributed by atoms with Gasteiger partial charge in [-0.2, -0.15) is 0 Å². The summed E-state index contributed by atoms with van der Waals surface area (Å²) in [5.41, 5.74) is 7.90. The van der Waals surface area contributed by atoms with E-state index in [9.17, 15) is 0 Å². The summed E-state index contributed by atoms with van der Waals surface area (Å²) in [6.07, 6.45) is 2.39. The number of halogens is 3. The van der Waals surface area contributed by atoms with Crippen molar-refractivity contribution in [3.63, 3.8) is 0 Å². The van der Waals surface area contributed by atoms with Crippen LogP contribution in [-0.2, 0) is 6.42 Å². The average Bonchev–Trinajstić information content (AvgIpc) is 2.61. The molecule has 2 heterocycles. The molecule has 1 unspecified atom stereocenters. The van der Waals surface area contributed by atoms with Crippen LogP contribution in [0.15, 0.2) is 28.9 Å². The van der Waals surface area contributed by atoms with E-state index >= 15 is 0 Å². The molecular weight excluding hydrogens is 343 g/mol. The minimum atomic E-state index is -0.181. The van der Waals surface area contributed by atoms with Crippen molar-refractivity contribution in [1.82, 2.24) is 4.98 Å². The van der Waals surface area contributed by atoms with Crippen LogP contribution in [0.5, 0.6) is 0 Å². The third kappa shape index (κ3) is 3.42. The van der Waals surface area contributed by atoms with E-state index in [1.165, 1.54) is 11.3 Å². The van der Waals surface area contributed by atoms with E-state index in [0.717, 1.165) is 15.7 Å². The molecule has 0 saturated heterocycles. The van der Waals surface area contributed by atoms with Crippen LogP contribution in [0, 0.1) is 0 Å². The van der Waals surface area contributed by atoms with Gasteiger partial charge in [0.25, 0.3) is 0 Å². The fourth-order valence-electron chi connectivity index (χ4n) is 1.47. The molecule has 17 heavy (non-hydrogen) atoms. The first kappa shape index (κ1) is 13.3. The van der Waals surface area contributed by atoms with Crippen LogP contribution in [0.25, 0.3) is 0 Å². The largest absolute Gasteiger partial charge is 0.324 e. The molecule has 2 N–H and O–H groups in total. The molecule has 0 aliphatic carbocycles. The Morgan fingerprint density at radius 3 is 2.71 bits per heavy atom. The summed E-state index contributed by atoms with van der Waals surface area (Å²) in [6, 6.07) is 5.51. The molecule has 2 aromatic heterocycles. The molecule has 0 radical (unpaired) electrons. The number of aromatic nitrogens is 1. The maximum atomic E-state index is 6.09. The van der Waals surface area contributed by atoms with Crippen molar-refractivity contribution >= 4 is 50.5 Å². The Bertz CT molecular complexity index is 513. The lowest BCUT2D eigenvalue weighted by molar-refractivity contribution is 0.709. The van der Waals surface area contributed by atoms with Crippen molar-refractivity contribution in [2.45, 2.75) is 12.5 Å². The van der Waals surface area contributed by atoms with Crippen molar-refractivity contribution in [3.05, 3.63) is 48.8 Å². The van der Waals surface area contributed by atoms with Gasteiger partial charge in [0.05, 0.1) is 8.67 Å². The number of hydrogen-bond acceptors (Lipinski definition) is 3. The minimum absolute atomic E-state index is 0.181. The van der Waals surface area contributed by atoms with Crippen LogP contribution in [0.2, 0.25) is 8.67 Å². The first-order valence-corrected chi connectivity index (χ1v) is 7.23. The molecule has 0 saturated carbocycles. The van der Waals surface area contributed by atoms with E-state index in [-0.39, 0.29) is 6.04 Å². The van der Waals surface area contributed by atoms with Gasteiger partial charge in [0.15, 0.2) is 0 Å². The number of thiophene rings is 1. The Labute approximate surface area is 122 Å². The second-order valence-electron chi connectivity index (χ2n) is 3.56. The second kappa shape index (κ2) is 5.67. The predicted molar refractivity (Wildman–Crippen MR) is 76.9 cm³/mol. The summed E-state index contributed by atoms with van der Waals surface area (Å²) in [5, 5.41) is 0. The first-order chi connectivity index (χ1) is 8.06. The fourth-order valence-corrected chi connectivity index (χ4v) is 3.30. The quantitative estimate of drug-likeness (QED) is 0.886. The van der Waals surface area contributed by atoms with E-state index in [0.29, 0.717) is 15.1 Å². The number of pyridine rings is 1. The molecule has 1 atom stereocenters. The van der Waals surface area contributed by atoms with Crippen molar-refractivity contribution in [2.24, 2.45) is 5.73 Å². The van der Waals surface area contributed by atoms with Crippen LogP contribution in [0.4, 0.5) is 0 Å². The smallest absolute Gasteiger partial charge is 0.0992 e. The Balaban J connectivity index is 2.14. The van der Waals surface area contributed by atoms with Gasteiger partial charge in [-0.15, -0.1) is 11.3 Å². The molecule has 0 amide bonds. The van der Waals surface area contributed by atoms with Crippen molar-refractivity contribution in [2.75, 3.05) is 0 Å². The molecule has 0 aromatic carbocycles. The van der Waals surface area contributed by atoms with E-state index in [1.54, 1.807) is 6.20 Å². The van der Waals surface area contributed by atoms with Gasteiger partial charge in [0.1, 0.15) is 0 Å². The van der Waals surface area contributed by atoms with Gasteiger partial charge in [-0.05, 0) is 34.1 Å². The molecule has 2 nitrogen and oxygen atoms in total. The molecule has 0 aliphatic rings. The van der Waals surface area contributed by atoms with E-state index < -0.39 is 0 Å². The number of nitrogens with zero attached hydrogens (tertiary/aromatic N) is 1. The summed E-state index contributed by atoms with van der Waals surface area (Å²) in [6.45, 7) is 0. The van der Waals surface area contributed by atoms with Gasteiger partial charge in [0, 0.05) is 34.4 Å². The standard InChI is InChI=1S/C11H9BrCl2N2S/c12-6-1-2-7(16-5-6)3-9(15)8-4-10(13)17-11(8)14/h1-2,4-5,9H,3,15H2.